The summed E-state index contributed by atoms with van der Waals surface area (Å²) >= 11 is 0. The van der Waals surface area contributed by atoms with Crippen LogP contribution in [0.15, 0.2) is 36.5 Å². The van der Waals surface area contributed by atoms with Gasteiger partial charge in [0, 0.05) is 19.5 Å². The summed E-state index contributed by atoms with van der Waals surface area (Å²) in [6.07, 6.45) is 2.49. The molecule has 2 aliphatic heterocycles. The predicted molar refractivity (Wildman–Crippen MR) is 111 cm³/mol. The minimum Gasteiger partial charge on any atom is -0.363 e. The van der Waals surface area contributed by atoms with Crippen LogP contribution in [0.5, 0.6) is 0 Å². The zero-order valence-corrected chi connectivity index (χ0v) is 17.3. The van der Waals surface area contributed by atoms with E-state index in [1.807, 2.05) is 35.2 Å². The highest BCUT2D eigenvalue weighted by Crippen LogP contribution is 2.45. The number of likely N-dealkylation sites (tertiary alicyclic amines) is 1. The number of nitrogens with one attached hydrogen (secondary N) is 1. The number of amides is 1. The highest BCUT2D eigenvalue weighted by atomic mass is 19.4. The molecule has 1 aromatic carbocycles. The first-order valence-electron chi connectivity index (χ1n) is 11.2. The molecule has 2 aromatic rings. The second-order valence-electron chi connectivity index (χ2n) is 9.10. The van der Waals surface area contributed by atoms with Crippen LogP contribution < -0.4 is 5.32 Å². The third kappa shape index (κ3) is 3.81. The van der Waals surface area contributed by atoms with Crippen LogP contribution >= 0.6 is 0 Å². The zero-order valence-electron chi connectivity index (χ0n) is 17.3. The van der Waals surface area contributed by atoms with Gasteiger partial charge in [0.25, 0.3) is 5.91 Å². The van der Waals surface area contributed by atoms with E-state index < -0.39 is 18.3 Å². The molecule has 1 N–H and O–H groups in total. The molecule has 2 fully saturated rings. The first-order chi connectivity index (χ1) is 14.9. The van der Waals surface area contributed by atoms with Crippen molar-refractivity contribution in [2.45, 2.75) is 56.8 Å². The number of fused-ring (bicyclic) bond motifs is 2. The van der Waals surface area contributed by atoms with Crippen LogP contribution in [0.1, 0.15) is 66.5 Å². The summed E-state index contributed by atoms with van der Waals surface area (Å²) in [5.74, 6) is 1.14. The average molecular weight is 432 g/mol. The third-order valence-electron chi connectivity index (χ3n) is 7.25. The van der Waals surface area contributed by atoms with Crippen molar-refractivity contribution < 1.29 is 18.0 Å². The molecule has 1 amide bonds. The van der Waals surface area contributed by atoms with Crippen molar-refractivity contribution in [2.75, 3.05) is 18.4 Å². The summed E-state index contributed by atoms with van der Waals surface area (Å²) in [5, 5.41) is 7.21. The molecule has 3 aliphatic rings. The number of anilines is 1. The van der Waals surface area contributed by atoms with Crippen molar-refractivity contribution >= 4 is 11.7 Å². The monoisotopic (exact) mass is 432 g/mol. The van der Waals surface area contributed by atoms with E-state index in [9.17, 15) is 18.0 Å². The van der Waals surface area contributed by atoms with Crippen molar-refractivity contribution in [1.29, 1.82) is 0 Å². The number of piperidine rings is 1. The fourth-order valence-corrected chi connectivity index (χ4v) is 5.58. The van der Waals surface area contributed by atoms with Crippen molar-refractivity contribution in [3.8, 4) is 0 Å². The van der Waals surface area contributed by atoms with Crippen LogP contribution in [-0.4, -0.2) is 39.9 Å². The van der Waals surface area contributed by atoms with Crippen LogP contribution in [0.3, 0.4) is 0 Å². The number of rotatable bonds is 2. The van der Waals surface area contributed by atoms with Crippen LogP contribution in [0.4, 0.5) is 19.0 Å². The average Bonchev–Trinajstić information content (AvgIpc) is 3.21. The van der Waals surface area contributed by atoms with E-state index in [0.29, 0.717) is 24.9 Å². The maximum Gasteiger partial charge on any atom is 0.410 e. The minimum atomic E-state index is -4.45. The van der Waals surface area contributed by atoms with Crippen LogP contribution in [0.2, 0.25) is 0 Å². The summed E-state index contributed by atoms with van der Waals surface area (Å²) in [4.78, 5) is 15.2. The number of nitrogens with zero attached hydrogens (tertiary/aromatic N) is 3. The minimum absolute atomic E-state index is 0.163. The molecule has 1 aliphatic carbocycles. The Kier molecular flexibility index (Phi) is 5.18. The molecule has 1 saturated heterocycles. The fraction of sp³-hybridized carbons (Fsp3) is 0.565. The molecule has 1 saturated carbocycles. The second kappa shape index (κ2) is 7.88. The molecule has 3 heterocycles. The second-order valence-corrected chi connectivity index (χ2v) is 9.10. The van der Waals surface area contributed by atoms with E-state index in [1.54, 1.807) is 0 Å². The molecule has 0 spiro atoms. The Morgan fingerprint density at radius 1 is 1.06 bits per heavy atom. The summed E-state index contributed by atoms with van der Waals surface area (Å²) in [7, 11) is 0. The summed E-state index contributed by atoms with van der Waals surface area (Å²) in [6.45, 7) is 1.36. The predicted octanol–water partition coefficient (Wildman–Crippen LogP) is 5.20. The van der Waals surface area contributed by atoms with Gasteiger partial charge >= 0.3 is 6.18 Å². The van der Waals surface area contributed by atoms with Crippen molar-refractivity contribution in [2.24, 2.45) is 11.8 Å². The topological polar surface area (TPSA) is 50.2 Å². The molecule has 0 bridgehead atoms. The molecule has 1 aromatic heterocycles. The van der Waals surface area contributed by atoms with Gasteiger partial charge in [0.15, 0.2) is 6.04 Å². The van der Waals surface area contributed by atoms with Crippen LogP contribution in [-0.2, 0) is 0 Å². The largest absolute Gasteiger partial charge is 0.410 e. The summed E-state index contributed by atoms with van der Waals surface area (Å²) < 4.78 is 42.6. The highest BCUT2D eigenvalue weighted by Gasteiger charge is 2.47. The van der Waals surface area contributed by atoms with Crippen molar-refractivity contribution in [1.82, 2.24) is 14.7 Å². The van der Waals surface area contributed by atoms with Gasteiger partial charge in [-0.3, -0.25) is 4.79 Å². The quantitative estimate of drug-likeness (QED) is 0.710. The Hall–Kier alpha value is -2.51. The van der Waals surface area contributed by atoms with E-state index in [4.69, 9.17) is 0 Å². The zero-order chi connectivity index (χ0) is 21.6. The Balaban J connectivity index is 1.44. The van der Waals surface area contributed by atoms with Crippen molar-refractivity contribution in [3.05, 3.63) is 47.7 Å². The van der Waals surface area contributed by atoms with E-state index >= 15 is 0 Å². The SMILES string of the molecule is O=C(c1cnn2c1NC(c1ccccc1)CC2C(F)(F)F)N1CCC2CCCCC2C1. The number of halogens is 3. The Morgan fingerprint density at radius 3 is 2.55 bits per heavy atom. The van der Waals surface area contributed by atoms with Gasteiger partial charge < -0.3 is 10.2 Å². The lowest BCUT2D eigenvalue weighted by molar-refractivity contribution is -0.173. The van der Waals surface area contributed by atoms with E-state index in [-0.39, 0.29) is 23.7 Å². The summed E-state index contributed by atoms with van der Waals surface area (Å²) in [6, 6.07) is 6.78. The highest BCUT2D eigenvalue weighted by molar-refractivity contribution is 5.99. The van der Waals surface area contributed by atoms with Gasteiger partial charge in [0.2, 0.25) is 0 Å². The lowest BCUT2D eigenvalue weighted by atomic mass is 9.75. The first-order valence-corrected chi connectivity index (χ1v) is 11.2. The summed E-state index contributed by atoms with van der Waals surface area (Å²) in [5.41, 5.74) is 1.01. The van der Waals surface area contributed by atoms with E-state index in [1.165, 1.54) is 25.5 Å². The van der Waals surface area contributed by atoms with Crippen molar-refractivity contribution in [3.63, 3.8) is 0 Å². The molecular weight excluding hydrogens is 405 g/mol. The Labute approximate surface area is 179 Å². The molecule has 8 heteroatoms. The molecule has 31 heavy (non-hydrogen) atoms. The first kappa shape index (κ1) is 20.4. The number of carbonyl (C=O) groups is 1. The number of alkyl halides is 3. The third-order valence-corrected chi connectivity index (χ3v) is 7.25. The van der Waals surface area contributed by atoms with Crippen LogP contribution in [0.25, 0.3) is 0 Å². The van der Waals surface area contributed by atoms with E-state index in [0.717, 1.165) is 23.1 Å². The standard InChI is InChI=1S/C23H27F3N4O/c24-23(25,26)20-12-19(16-7-2-1-3-8-16)28-21-18(13-27-30(20)21)22(31)29-11-10-15-6-4-5-9-17(15)14-29/h1-3,7-8,13,15,17,19-20,28H,4-6,9-12,14H2. The van der Waals surface area contributed by atoms with Gasteiger partial charge in [0.05, 0.1) is 12.2 Å². The molecule has 4 atom stereocenters. The molecular formula is C23H27F3N4O. The Morgan fingerprint density at radius 2 is 1.81 bits per heavy atom. The number of hydrogen-bond donors (Lipinski definition) is 1. The van der Waals surface area contributed by atoms with Gasteiger partial charge in [-0.2, -0.15) is 18.3 Å². The van der Waals surface area contributed by atoms with Crippen LogP contribution in [0, 0.1) is 11.8 Å². The van der Waals surface area contributed by atoms with Gasteiger partial charge in [0.1, 0.15) is 11.4 Å². The van der Waals surface area contributed by atoms with Gasteiger partial charge in [-0.15, -0.1) is 0 Å². The molecule has 0 radical (unpaired) electrons. The normalized spacial score (nSPS) is 28.4. The molecule has 166 valence electrons. The number of hydrogen-bond acceptors (Lipinski definition) is 3. The number of carbonyl (C=O) groups excluding carboxylic acids is 1. The fourth-order valence-electron chi connectivity index (χ4n) is 5.58. The van der Waals surface area contributed by atoms with Gasteiger partial charge in [-0.05, 0) is 30.2 Å². The lowest BCUT2D eigenvalue weighted by Crippen LogP contribution is -2.45. The van der Waals surface area contributed by atoms with Gasteiger partial charge in [-0.1, -0.05) is 49.6 Å². The number of aromatic nitrogens is 2. The smallest absolute Gasteiger partial charge is 0.363 e. The molecule has 4 unspecified atom stereocenters. The maximum atomic E-state index is 13.9. The van der Waals surface area contributed by atoms with Gasteiger partial charge in [-0.25, -0.2) is 4.68 Å². The van der Waals surface area contributed by atoms with E-state index in [2.05, 4.69) is 10.4 Å². The number of benzene rings is 1. The lowest BCUT2D eigenvalue weighted by Gasteiger charge is -2.41. The maximum absolute atomic E-state index is 13.9. The molecule has 5 nitrogen and oxygen atoms in total. The Bertz CT molecular complexity index is 942. The molecule has 5 rings (SSSR count).